The number of ether oxygens (including phenoxy) is 1. The Morgan fingerprint density at radius 1 is 1.33 bits per heavy atom. The van der Waals surface area contributed by atoms with Gasteiger partial charge in [0.2, 0.25) is 0 Å². The molecule has 0 aliphatic carbocycles. The van der Waals surface area contributed by atoms with Crippen molar-refractivity contribution in [3.8, 4) is 5.75 Å². The monoisotopic (exact) mass is 357 g/mol. The lowest BCUT2D eigenvalue weighted by Gasteiger charge is -2.18. The first-order valence-corrected chi connectivity index (χ1v) is 7.53. The fourth-order valence-corrected chi connectivity index (χ4v) is 2.29. The first-order valence-electron chi connectivity index (χ1n) is 6.74. The lowest BCUT2D eigenvalue weighted by molar-refractivity contribution is -0.137. The Kier molecular flexibility index (Phi) is 6.68. The fourth-order valence-electron chi connectivity index (χ4n) is 1.82. The third kappa shape index (κ3) is 6.16. The summed E-state index contributed by atoms with van der Waals surface area (Å²) in [5.74, 6) is -0.386. The van der Waals surface area contributed by atoms with Crippen molar-refractivity contribution in [1.82, 2.24) is 4.90 Å². The molecular formula is C15H20BrNO4. The molecule has 1 aromatic carbocycles. The van der Waals surface area contributed by atoms with Crippen LogP contribution in [0.4, 0.5) is 0 Å². The highest BCUT2D eigenvalue weighted by Gasteiger charge is 2.14. The average molecular weight is 358 g/mol. The van der Waals surface area contributed by atoms with Gasteiger partial charge in [0.15, 0.2) is 0 Å². The fraction of sp³-hybridized carbons (Fsp3) is 0.467. The van der Waals surface area contributed by atoms with Crippen LogP contribution >= 0.6 is 15.9 Å². The maximum atomic E-state index is 12.3. The number of hydrogen-bond donors (Lipinski definition) is 1. The summed E-state index contributed by atoms with van der Waals surface area (Å²) < 4.78 is 6.37. The highest BCUT2D eigenvalue weighted by Crippen LogP contribution is 2.23. The van der Waals surface area contributed by atoms with Gasteiger partial charge in [-0.1, -0.05) is 15.9 Å². The van der Waals surface area contributed by atoms with Gasteiger partial charge in [0, 0.05) is 30.0 Å². The average Bonchev–Trinajstić information content (AvgIpc) is 2.35. The van der Waals surface area contributed by atoms with Gasteiger partial charge in [-0.15, -0.1) is 0 Å². The topological polar surface area (TPSA) is 66.8 Å². The first-order chi connectivity index (χ1) is 9.79. The normalized spacial score (nSPS) is 10.5. The number of carboxylic acids is 1. The molecule has 1 rings (SSSR count). The molecule has 0 radical (unpaired) electrons. The zero-order valence-electron chi connectivity index (χ0n) is 12.4. The van der Waals surface area contributed by atoms with Crippen LogP contribution in [0.25, 0.3) is 0 Å². The molecule has 1 aromatic rings. The summed E-state index contributed by atoms with van der Waals surface area (Å²) in [4.78, 5) is 24.3. The van der Waals surface area contributed by atoms with Gasteiger partial charge in [0.25, 0.3) is 5.91 Å². The summed E-state index contributed by atoms with van der Waals surface area (Å²) >= 11 is 3.36. The van der Waals surface area contributed by atoms with Crippen LogP contribution < -0.4 is 4.74 Å². The molecule has 0 fully saturated rings. The van der Waals surface area contributed by atoms with Gasteiger partial charge < -0.3 is 14.7 Å². The summed E-state index contributed by atoms with van der Waals surface area (Å²) in [5.41, 5.74) is 0.512. The third-order valence-corrected chi connectivity index (χ3v) is 3.18. The van der Waals surface area contributed by atoms with Crippen molar-refractivity contribution in [2.45, 2.75) is 32.8 Å². The molecule has 0 aromatic heterocycles. The number of amides is 1. The molecule has 0 saturated carbocycles. The maximum absolute atomic E-state index is 12.3. The quantitative estimate of drug-likeness (QED) is 0.813. The van der Waals surface area contributed by atoms with Crippen molar-refractivity contribution >= 4 is 27.8 Å². The second kappa shape index (κ2) is 8.02. The van der Waals surface area contributed by atoms with Crippen molar-refractivity contribution in [2.75, 3.05) is 13.6 Å². The number of halogens is 1. The number of hydrogen-bond acceptors (Lipinski definition) is 3. The number of carbonyl (C=O) groups excluding carboxylic acids is 1. The molecule has 1 N–H and O–H groups in total. The molecule has 6 heteroatoms. The zero-order chi connectivity index (χ0) is 16.0. The van der Waals surface area contributed by atoms with Crippen molar-refractivity contribution in [3.63, 3.8) is 0 Å². The third-order valence-electron chi connectivity index (χ3n) is 2.72. The van der Waals surface area contributed by atoms with E-state index >= 15 is 0 Å². The summed E-state index contributed by atoms with van der Waals surface area (Å²) in [6.45, 7) is 4.23. The van der Waals surface area contributed by atoms with E-state index in [1.807, 2.05) is 13.8 Å². The number of rotatable bonds is 7. The van der Waals surface area contributed by atoms with E-state index < -0.39 is 5.97 Å². The number of carbonyl (C=O) groups is 2. The molecule has 21 heavy (non-hydrogen) atoms. The molecule has 0 aliphatic rings. The zero-order valence-corrected chi connectivity index (χ0v) is 14.0. The molecule has 5 nitrogen and oxygen atoms in total. The Morgan fingerprint density at radius 2 is 2.00 bits per heavy atom. The van der Waals surface area contributed by atoms with Crippen molar-refractivity contribution in [2.24, 2.45) is 0 Å². The number of aliphatic carboxylic acids is 1. The van der Waals surface area contributed by atoms with Gasteiger partial charge in [0.05, 0.1) is 6.10 Å². The van der Waals surface area contributed by atoms with Gasteiger partial charge in [-0.3, -0.25) is 9.59 Å². The Hall–Kier alpha value is -1.56. The summed E-state index contributed by atoms with van der Waals surface area (Å²) in [6, 6.07) is 5.23. The van der Waals surface area contributed by atoms with Crippen LogP contribution in [0.2, 0.25) is 0 Å². The van der Waals surface area contributed by atoms with E-state index in [9.17, 15) is 9.59 Å². The highest BCUT2D eigenvalue weighted by atomic mass is 79.9. The highest BCUT2D eigenvalue weighted by molar-refractivity contribution is 9.10. The molecule has 0 bridgehead atoms. The summed E-state index contributed by atoms with van der Waals surface area (Å²) in [6.07, 6.45) is 0.509. The Balaban J connectivity index is 2.76. The second-order valence-corrected chi connectivity index (χ2v) is 5.98. The van der Waals surface area contributed by atoms with Crippen LogP contribution in [0.15, 0.2) is 22.7 Å². The van der Waals surface area contributed by atoms with Crippen LogP contribution in [0, 0.1) is 0 Å². The SMILES string of the molecule is CC(C)Oc1cc(Br)cc(C(=O)N(C)CCCC(=O)O)c1. The minimum absolute atomic E-state index is 0.0237. The lowest BCUT2D eigenvalue weighted by Crippen LogP contribution is -2.28. The molecule has 0 aliphatic heterocycles. The predicted octanol–water partition coefficient (Wildman–Crippen LogP) is 3.17. The molecule has 0 saturated heterocycles. The standard InChI is InChI=1S/C15H20BrNO4/c1-10(2)21-13-8-11(7-12(16)9-13)15(20)17(3)6-4-5-14(18)19/h7-10H,4-6H2,1-3H3,(H,18,19). The van der Waals surface area contributed by atoms with Crippen molar-refractivity contribution in [1.29, 1.82) is 0 Å². The van der Waals surface area contributed by atoms with E-state index in [1.54, 1.807) is 25.2 Å². The van der Waals surface area contributed by atoms with Gasteiger partial charge in [0.1, 0.15) is 5.75 Å². The Labute approximate surface area is 133 Å². The largest absolute Gasteiger partial charge is 0.491 e. The van der Waals surface area contributed by atoms with Crippen molar-refractivity contribution < 1.29 is 19.4 Å². The number of benzene rings is 1. The van der Waals surface area contributed by atoms with Crippen LogP contribution in [0.5, 0.6) is 5.75 Å². The molecule has 0 atom stereocenters. The van der Waals surface area contributed by atoms with Gasteiger partial charge in [-0.05, 0) is 38.5 Å². The molecule has 0 heterocycles. The first kappa shape index (κ1) is 17.5. The number of carboxylic acid groups (broad SMARTS) is 1. The molecule has 0 unspecified atom stereocenters. The number of nitrogens with zero attached hydrogens (tertiary/aromatic N) is 1. The van der Waals surface area contributed by atoms with Crippen molar-refractivity contribution in [3.05, 3.63) is 28.2 Å². The lowest BCUT2D eigenvalue weighted by atomic mass is 10.2. The predicted molar refractivity (Wildman–Crippen MR) is 83.7 cm³/mol. The smallest absolute Gasteiger partial charge is 0.303 e. The molecule has 116 valence electrons. The van der Waals surface area contributed by atoms with E-state index in [4.69, 9.17) is 9.84 Å². The van der Waals surface area contributed by atoms with Crippen LogP contribution in [0.1, 0.15) is 37.0 Å². The summed E-state index contributed by atoms with van der Waals surface area (Å²) in [5, 5.41) is 8.61. The van der Waals surface area contributed by atoms with E-state index in [0.29, 0.717) is 24.3 Å². The van der Waals surface area contributed by atoms with Crippen LogP contribution in [-0.2, 0) is 4.79 Å². The summed E-state index contributed by atoms with van der Waals surface area (Å²) in [7, 11) is 1.66. The van der Waals surface area contributed by atoms with E-state index in [-0.39, 0.29) is 18.4 Å². The second-order valence-electron chi connectivity index (χ2n) is 5.07. The molecular weight excluding hydrogens is 338 g/mol. The van der Waals surface area contributed by atoms with E-state index in [0.717, 1.165) is 4.47 Å². The Bertz CT molecular complexity index is 516. The minimum atomic E-state index is -0.856. The molecule has 1 amide bonds. The Morgan fingerprint density at radius 3 is 2.57 bits per heavy atom. The van der Waals surface area contributed by atoms with E-state index in [1.165, 1.54) is 4.90 Å². The maximum Gasteiger partial charge on any atom is 0.303 e. The van der Waals surface area contributed by atoms with E-state index in [2.05, 4.69) is 15.9 Å². The van der Waals surface area contributed by atoms with Crippen LogP contribution in [0.3, 0.4) is 0 Å². The van der Waals surface area contributed by atoms with Gasteiger partial charge in [-0.25, -0.2) is 0 Å². The van der Waals surface area contributed by atoms with Gasteiger partial charge >= 0.3 is 5.97 Å². The molecule has 0 spiro atoms. The minimum Gasteiger partial charge on any atom is -0.491 e. The van der Waals surface area contributed by atoms with Gasteiger partial charge in [-0.2, -0.15) is 0 Å². The van der Waals surface area contributed by atoms with Crippen LogP contribution in [-0.4, -0.2) is 41.6 Å².